The zero-order valence-corrected chi connectivity index (χ0v) is 9.50. The van der Waals surface area contributed by atoms with Gasteiger partial charge in [0.15, 0.2) is 20.8 Å². The van der Waals surface area contributed by atoms with Crippen LogP contribution < -0.4 is 4.90 Å². The second-order valence-corrected chi connectivity index (χ2v) is 6.04. The van der Waals surface area contributed by atoms with Gasteiger partial charge in [-0.3, -0.25) is 0 Å². The molecule has 0 bridgehead atoms. The van der Waals surface area contributed by atoms with Crippen LogP contribution in [0.1, 0.15) is 0 Å². The maximum Gasteiger partial charge on any atom is 0.153 e. The predicted molar refractivity (Wildman–Crippen MR) is 57.9 cm³/mol. The van der Waals surface area contributed by atoms with Gasteiger partial charge in [0.25, 0.3) is 0 Å². The van der Waals surface area contributed by atoms with E-state index in [2.05, 4.69) is 10.2 Å². The molecule has 1 fully saturated rings. The van der Waals surface area contributed by atoms with Gasteiger partial charge in [0.05, 0.1) is 11.5 Å². The van der Waals surface area contributed by atoms with Gasteiger partial charge in [-0.25, -0.2) is 8.42 Å². The number of anilines is 1. The number of nitrogens with zero attached hydrogens (tertiary/aromatic N) is 3. The van der Waals surface area contributed by atoms with Crippen molar-refractivity contribution in [2.75, 3.05) is 29.5 Å². The van der Waals surface area contributed by atoms with Gasteiger partial charge in [-0.1, -0.05) is 11.6 Å². The minimum Gasteiger partial charge on any atom is -0.353 e. The summed E-state index contributed by atoms with van der Waals surface area (Å²) >= 11 is 5.61. The lowest BCUT2D eigenvalue weighted by Crippen LogP contribution is -2.40. The van der Waals surface area contributed by atoms with E-state index in [4.69, 9.17) is 11.6 Å². The highest BCUT2D eigenvalue weighted by molar-refractivity contribution is 7.91. The molecule has 82 valence electrons. The van der Waals surface area contributed by atoms with Crippen molar-refractivity contribution >= 4 is 27.3 Å². The molecule has 1 aliphatic heterocycles. The molecule has 0 saturated carbocycles. The van der Waals surface area contributed by atoms with E-state index in [9.17, 15) is 8.42 Å². The van der Waals surface area contributed by atoms with Crippen molar-refractivity contribution in [2.24, 2.45) is 0 Å². The topological polar surface area (TPSA) is 63.2 Å². The molecule has 0 radical (unpaired) electrons. The Kier molecular flexibility index (Phi) is 2.79. The summed E-state index contributed by atoms with van der Waals surface area (Å²) in [6, 6.07) is 3.39. The second kappa shape index (κ2) is 3.94. The number of aromatic nitrogens is 2. The lowest BCUT2D eigenvalue weighted by atomic mass is 10.4. The monoisotopic (exact) mass is 247 g/mol. The third-order valence-electron chi connectivity index (χ3n) is 2.29. The van der Waals surface area contributed by atoms with E-state index in [0.717, 1.165) is 0 Å². The Balaban J connectivity index is 2.11. The molecule has 1 aromatic heterocycles. The molecule has 1 aromatic rings. The molecule has 0 spiro atoms. The van der Waals surface area contributed by atoms with E-state index < -0.39 is 9.84 Å². The first-order valence-corrected chi connectivity index (χ1v) is 6.71. The molecule has 5 nitrogen and oxygen atoms in total. The van der Waals surface area contributed by atoms with Crippen LogP contribution in [-0.4, -0.2) is 43.2 Å². The fourth-order valence-electron chi connectivity index (χ4n) is 1.42. The van der Waals surface area contributed by atoms with E-state index in [1.807, 2.05) is 4.90 Å². The summed E-state index contributed by atoms with van der Waals surface area (Å²) in [7, 11) is -2.85. The zero-order chi connectivity index (χ0) is 10.9. The van der Waals surface area contributed by atoms with Crippen LogP contribution in [0.3, 0.4) is 0 Å². The van der Waals surface area contributed by atoms with Crippen molar-refractivity contribution in [1.29, 1.82) is 0 Å². The summed E-state index contributed by atoms with van der Waals surface area (Å²) < 4.78 is 22.4. The lowest BCUT2D eigenvalue weighted by molar-refractivity contribution is 0.586. The first kappa shape index (κ1) is 10.6. The maximum absolute atomic E-state index is 11.2. The Bertz CT molecular complexity index is 431. The molecular formula is C8H10ClN3O2S. The molecule has 1 aliphatic rings. The summed E-state index contributed by atoms with van der Waals surface area (Å²) in [5.41, 5.74) is 0. The minimum absolute atomic E-state index is 0.178. The van der Waals surface area contributed by atoms with Crippen molar-refractivity contribution in [3.8, 4) is 0 Å². The van der Waals surface area contributed by atoms with Crippen LogP contribution in [0.4, 0.5) is 5.82 Å². The number of hydrogen-bond donors (Lipinski definition) is 0. The van der Waals surface area contributed by atoms with Crippen molar-refractivity contribution < 1.29 is 8.42 Å². The number of hydrogen-bond acceptors (Lipinski definition) is 5. The van der Waals surface area contributed by atoms with Crippen LogP contribution >= 0.6 is 11.6 Å². The van der Waals surface area contributed by atoms with E-state index >= 15 is 0 Å². The summed E-state index contributed by atoms with van der Waals surface area (Å²) in [5.74, 6) is 1.03. The minimum atomic E-state index is -2.85. The third-order valence-corrected chi connectivity index (χ3v) is 4.10. The fourth-order valence-corrected chi connectivity index (χ4v) is 2.72. The van der Waals surface area contributed by atoms with Gasteiger partial charge in [0.2, 0.25) is 0 Å². The van der Waals surface area contributed by atoms with Crippen molar-refractivity contribution in [2.45, 2.75) is 0 Å². The quantitative estimate of drug-likeness (QED) is 0.717. The number of sulfone groups is 1. The second-order valence-electron chi connectivity index (χ2n) is 3.35. The van der Waals surface area contributed by atoms with E-state index in [-0.39, 0.29) is 11.5 Å². The van der Waals surface area contributed by atoms with Gasteiger partial charge in [-0.2, -0.15) is 0 Å². The Labute approximate surface area is 93.0 Å². The molecule has 2 heterocycles. The highest BCUT2D eigenvalue weighted by Crippen LogP contribution is 2.14. The van der Waals surface area contributed by atoms with Crippen LogP contribution in [0.5, 0.6) is 0 Å². The summed E-state index contributed by atoms with van der Waals surface area (Å²) in [5, 5.41) is 7.95. The van der Waals surface area contributed by atoms with E-state index in [0.29, 0.717) is 24.1 Å². The Hall–Kier alpha value is -0.880. The molecule has 0 aliphatic carbocycles. The first-order valence-electron chi connectivity index (χ1n) is 4.51. The van der Waals surface area contributed by atoms with Gasteiger partial charge in [0.1, 0.15) is 0 Å². The Morgan fingerprint density at radius 3 is 2.40 bits per heavy atom. The highest BCUT2D eigenvalue weighted by atomic mass is 35.5. The van der Waals surface area contributed by atoms with Crippen LogP contribution in [0.15, 0.2) is 12.1 Å². The van der Waals surface area contributed by atoms with E-state index in [1.54, 1.807) is 12.1 Å². The molecule has 15 heavy (non-hydrogen) atoms. The average Bonchev–Trinajstić information content (AvgIpc) is 2.20. The van der Waals surface area contributed by atoms with Gasteiger partial charge in [-0.05, 0) is 12.1 Å². The number of halogens is 1. The molecular weight excluding hydrogens is 238 g/mol. The standard InChI is InChI=1S/C8H10ClN3O2S/c9-7-1-2-8(11-10-7)12-3-5-15(13,14)6-4-12/h1-2H,3-6H2. The van der Waals surface area contributed by atoms with Gasteiger partial charge < -0.3 is 4.90 Å². The molecule has 0 atom stereocenters. The lowest BCUT2D eigenvalue weighted by Gasteiger charge is -2.26. The van der Waals surface area contributed by atoms with Gasteiger partial charge >= 0.3 is 0 Å². The molecule has 0 unspecified atom stereocenters. The largest absolute Gasteiger partial charge is 0.353 e. The Morgan fingerprint density at radius 1 is 1.20 bits per heavy atom. The number of rotatable bonds is 1. The molecule has 0 aromatic carbocycles. The molecule has 0 amide bonds. The van der Waals surface area contributed by atoms with Crippen LogP contribution in [-0.2, 0) is 9.84 Å². The zero-order valence-electron chi connectivity index (χ0n) is 7.93. The van der Waals surface area contributed by atoms with Crippen LogP contribution in [0.2, 0.25) is 5.15 Å². The highest BCUT2D eigenvalue weighted by Gasteiger charge is 2.22. The summed E-state index contributed by atoms with van der Waals surface area (Å²) in [4.78, 5) is 1.89. The molecule has 2 rings (SSSR count). The summed E-state index contributed by atoms with van der Waals surface area (Å²) in [6.07, 6.45) is 0. The van der Waals surface area contributed by atoms with Crippen molar-refractivity contribution in [3.63, 3.8) is 0 Å². The molecule has 0 N–H and O–H groups in total. The maximum atomic E-state index is 11.2. The Morgan fingerprint density at radius 2 is 1.87 bits per heavy atom. The van der Waals surface area contributed by atoms with Gasteiger partial charge in [0, 0.05) is 13.1 Å². The SMILES string of the molecule is O=S1(=O)CCN(c2ccc(Cl)nn2)CC1. The van der Waals surface area contributed by atoms with Crippen molar-refractivity contribution in [1.82, 2.24) is 10.2 Å². The van der Waals surface area contributed by atoms with E-state index in [1.165, 1.54) is 0 Å². The normalized spacial score (nSPS) is 20.2. The summed E-state index contributed by atoms with van der Waals surface area (Å²) in [6.45, 7) is 0.942. The van der Waals surface area contributed by atoms with Crippen LogP contribution in [0.25, 0.3) is 0 Å². The predicted octanol–water partition coefficient (Wildman–Crippen LogP) is 0.365. The average molecular weight is 248 g/mol. The van der Waals surface area contributed by atoms with Gasteiger partial charge in [-0.15, -0.1) is 10.2 Å². The van der Waals surface area contributed by atoms with Crippen LogP contribution in [0, 0.1) is 0 Å². The van der Waals surface area contributed by atoms with Crippen molar-refractivity contribution in [3.05, 3.63) is 17.3 Å². The first-order chi connectivity index (χ1) is 7.07. The fraction of sp³-hybridized carbons (Fsp3) is 0.500. The molecule has 1 saturated heterocycles. The third kappa shape index (κ3) is 2.57. The smallest absolute Gasteiger partial charge is 0.153 e. The molecule has 7 heteroatoms.